The van der Waals surface area contributed by atoms with Crippen molar-refractivity contribution in [3.8, 4) is 11.3 Å². The maximum absolute atomic E-state index is 8.83. The lowest BCUT2D eigenvalue weighted by atomic mass is 10.0. The third-order valence-electron chi connectivity index (χ3n) is 4.32. The number of hydrogen-bond donors (Lipinski definition) is 2. The van der Waals surface area contributed by atoms with Crippen LogP contribution in [-0.4, -0.2) is 15.2 Å². The Morgan fingerprint density at radius 1 is 1.35 bits per heavy atom. The third-order valence-corrected chi connectivity index (χ3v) is 4.32. The SMILES string of the molecule is CC[C@H](C)CCc1nc(COO)c(-c2c[nH]c3ccccc23)o1. The molecule has 3 rings (SSSR count). The fraction of sp³-hybridized carbons (Fsp3) is 0.389. The summed E-state index contributed by atoms with van der Waals surface area (Å²) in [5, 5.41) is 9.90. The topological polar surface area (TPSA) is 71.3 Å². The molecule has 0 bridgehead atoms. The smallest absolute Gasteiger partial charge is 0.195 e. The number of fused-ring (bicyclic) bond motifs is 1. The van der Waals surface area contributed by atoms with Crippen LogP contribution < -0.4 is 0 Å². The van der Waals surface area contributed by atoms with Crippen molar-refractivity contribution in [2.45, 2.75) is 39.7 Å². The summed E-state index contributed by atoms with van der Waals surface area (Å²) in [6.07, 6.45) is 4.87. The van der Waals surface area contributed by atoms with E-state index >= 15 is 0 Å². The minimum Gasteiger partial charge on any atom is -0.440 e. The molecule has 23 heavy (non-hydrogen) atoms. The van der Waals surface area contributed by atoms with Crippen molar-refractivity contribution in [2.75, 3.05) is 0 Å². The summed E-state index contributed by atoms with van der Waals surface area (Å²) in [6.45, 7) is 4.42. The molecule has 0 saturated heterocycles. The highest BCUT2D eigenvalue weighted by molar-refractivity contribution is 5.94. The molecule has 2 N–H and O–H groups in total. The van der Waals surface area contributed by atoms with E-state index in [9.17, 15) is 0 Å². The van der Waals surface area contributed by atoms with E-state index in [2.05, 4.69) is 28.7 Å². The van der Waals surface area contributed by atoms with Gasteiger partial charge in [0.15, 0.2) is 11.7 Å². The number of H-pyrrole nitrogens is 1. The first-order chi connectivity index (χ1) is 11.2. The normalized spacial score (nSPS) is 12.8. The number of aromatic nitrogens is 2. The minimum atomic E-state index is 0.0155. The number of para-hydroxylation sites is 1. The van der Waals surface area contributed by atoms with Gasteiger partial charge in [-0.2, -0.15) is 0 Å². The van der Waals surface area contributed by atoms with E-state index in [-0.39, 0.29) is 6.61 Å². The molecule has 1 aromatic carbocycles. The summed E-state index contributed by atoms with van der Waals surface area (Å²) < 4.78 is 5.99. The number of aromatic amines is 1. The highest BCUT2D eigenvalue weighted by Gasteiger charge is 2.18. The van der Waals surface area contributed by atoms with Gasteiger partial charge in [0.1, 0.15) is 12.3 Å². The molecule has 2 aromatic heterocycles. The molecule has 1 atom stereocenters. The lowest BCUT2D eigenvalue weighted by Gasteiger charge is -2.04. The molecular formula is C18H22N2O3. The second-order valence-electron chi connectivity index (χ2n) is 5.96. The maximum atomic E-state index is 8.83. The summed E-state index contributed by atoms with van der Waals surface area (Å²) >= 11 is 0. The van der Waals surface area contributed by atoms with E-state index in [0.717, 1.165) is 35.7 Å². The van der Waals surface area contributed by atoms with Gasteiger partial charge in [-0.25, -0.2) is 9.87 Å². The Morgan fingerprint density at radius 2 is 2.17 bits per heavy atom. The maximum Gasteiger partial charge on any atom is 0.195 e. The number of aryl methyl sites for hydroxylation is 1. The fourth-order valence-electron chi connectivity index (χ4n) is 2.71. The molecule has 0 amide bonds. The zero-order chi connectivity index (χ0) is 16.2. The highest BCUT2D eigenvalue weighted by Crippen LogP contribution is 2.32. The second-order valence-corrected chi connectivity index (χ2v) is 5.96. The van der Waals surface area contributed by atoms with Gasteiger partial charge < -0.3 is 9.40 Å². The number of rotatable bonds is 7. The van der Waals surface area contributed by atoms with Crippen LogP contribution in [0.5, 0.6) is 0 Å². The van der Waals surface area contributed by atoms with E-state index in [1.54, 1.807) is 0 Å². The minimum absolute atomic E-state index is 0.0155. The van der Waals surface area contributed by atoms with Gasteiger partial charge in [0.25, 0.3) is 0 Å². The summed E-state index contributed by atoms with van der Waals surface area (Å²) in [6, 6.07) is 8.02. The molecule has 0 radical (unpaired) electrons. The predicted molar refractivity (Wildman–Crippen MR) is 89.0 cm³/mol. The Balaban J connectivity index is 1.95. The van der Waals surface area contributed by atoms with Gasteiger partial charge in [0.2, 0.25) is 0 Å². The Morgan fingerprint density at radius 3 is 2.96 bits per heavy atom. The predicted octanol–water partition coefficient (Wildman–Crippen LogP) is 4.79. The number of benzene rings is 1. The van der Waals surface area contributed by atoms with E-state index in [1.807, 2.05) is 30.5 Å². The van der Waals surface area contributed by atoms with Crippen LogP contribution in [0.15, 0.2) is 34.9 Å². The number of oxazole rings is 1. The fourth-order valence-corrected chi connectivity index (χ4v) is 2.71. The second kappa shape index (κ2) is 6.98. The van der Waals surface area contributed by atoms with Crippen LogP contribution in [0.25, 0.3) is 22.2 Å². The van der Waals surface area contributed by atoms with Crippen LogP contribution >= 0.6 is 0 Å². The van der Waals surface area contributed by atoms with Crippen LogP contribution in [0, 0.1) is 5.92 Å². The number of nitrogens with one attached hydrogen (secondary N) is 1. The van der Waals surface area contributed by atoms with Crippen molar-refractivity contribution >= 4 is 10.9 Å². The first kappa shape index (κ1) is 15.8. The summed E-state index contributed by atoms with van der Waals surface area (Å²) in [5.74, 6) is 1.99. The van der Waals surface area contributed by atoms with Crippen LogP contribution in [0.4, 0.5) is 0 Å². The van der Waals surface area contributed by atoms with Gasteiger partial charge in [-0.15, -0.1) is 0 Å². The van der Waals surface area contributed by atoms with Gasteiger partial charge in [-0.1, -0.05) is 38.5 Å². The Bertz CT molecular complexity index is 776. The first-order valence-electron chi connectivity index (χ1n) is 8.04. The van der Waals surface area contributed by atoms with Crippen LogP contribution in [0.1, 0.15) is 38.3 Å². The summed E-state index contributed by atoms with van der Waals surface area (Å²) in [7, 11) is 0. The van der Waals surface area contributed by atoms with Gasteiger partial charge in [-0.05, 0) is 18.4 Å². The molecule has 5 nitrogen and oxygen atoms in total. The van der Waals surface area contributed by atoms with E-state index in [0.29, 0.717) is 23.3 Å². The molecule has 0 saturated carbocycles. The molecule has 0 aliphatic rings. The quantitative estimate of drug-likeness (QED) is 0.486. The molecule has 0 spiro atoms. The lowest BCUT2D eigenvalue weighted by Crippen LogP contribution is -1.96. The van der Waals surface area contributed by atoms with Gasteiger partial charge in [0.05, 0.1) is 0 Å². The monoisotopic (exact) mass is 314 g/mol. The van der Waals surface area contributed by atoms with Crippen LogP contribution in [0.3, 0.4) is 0 Å². The molecule has 0 aliphatic heterocycles. The molecule has 3 aromatic rings. The number of nitrogens with zero attached hydrogens (tertiary/aromatic N) is 1. The van der Waals surface area contributed by atoms with E-state index in [4.69, 9.17) is 9.67 Å². The molecular weight excluding hydrogens is 292 g/mol. The molecule has 0 aliphatic carbocycles. The van der Waals surface area contributed by atoms with Crippen molar-refractivity contribution in [2.24, 2.45) is 5.92 Å². The van der Waals surface area contributed by atoms with Crippen molar-refractivity contribution in [1.29, 1.82) is 0 Å². The molecule has 122 valence electrons. The van der Waals surface area contributed by atoms with Crippen molar-refractivity contribution in [3.63, 3.8) is 0 Å². The van der Waals surface area contributed by atoms with Gasteiger partial charge >= 0.3 is 0 Å². The van der Waals surface area contributed by atoms with E-state index in [1.165, 1.54) is 0 Å². The molecule has 2 heterocycles. The average molecular weight is 314 g/mol. The summed E-state index contributed by atoms with van der Waals surface area (Å²) in [4.78, 5) is 12.0. The van der Waals surface area contributed by atoms with Crippen molar-refractivity contribution < 1.29 is 14.6 Å². The first-order valence-corrected chi connectivity index (χ1v) is 8.04. The van der Waals surface area contributed by atoms with Gasteiger partial charge in [-0.3, -0.25) is 5.26 Å². The van der Waals surface area contributed by atoms with Crippen LogP contribution in [0.2, 0.25) is 0 Å². The largest absolute Gasteiger partial charge is 0.440 e. The highest BCUT2D eigenvalue weighted by atomic mass is 17.1. The Kier molecular flexibility index (Phi) is 4.79. The van der Waals surface area contributed by atoms with Crippen LogP contribution in [-0.2, 0) is 17.9 Å². The molecule has 5 heteroatoms. The standard InChI is InChI=1S/C18H22N2O3/c1-3-12(2)8-9-17-20-16(11-22-21)18(23-17)14-10-19-15-7-5-4-6-13(14)15/h4-7,10,12,19,21H,3,8-9,11H2,1-2H3/t12-/m0/s1. The Hall–Kier alpha value is -2.11. The van der Waals surface area contributed by atoms with E-state index < -0.39 is 0 Å². The zero-order valence-corrected chi connectivity index (χ0v) is 13.5. The zero-order valence-electron chi connectivity index (χ0n) is 13.5. The lowest BCUT2D eigenvalue weighted by molar-refractivity contribution is -0.253. The van der Waals surface area contributed by atoms with Crippen molar-refractivity contribution in [3.05, 3.63) is 42.0 Å². The van der Waals surface area contributed by atoms with Crippen molar-refractivity contribution in [1.82, 2.24) is 9.97 Å². The molecule has 0 fully saturated rings. The number of hydrogen-bond acceptors (Lipinski definition) is 4. The summed E-state index contributed by atoms with van der Waals surface area (Å²) in [5.41, 5.74) is 2.60. The Labute approximate surface area is 135 Å². The molecule has 0 unspecified atom stereocenters. The average Bonchev–Trinajstić information content (AvgIpc) is 3.16. The third kappa shape index (κ3) is 3.30. The van der Waals surface area contributed by atoms with Gasteiger partial charge in [0, 0.05) is 29.1 Å².